The molecule has 0 spiro atoms. The van der Waals surface area contributed by atoms with E-state index in [9.17, 15) is 0 Å². The number of benzene rings is 1. The summed E-state index contributed by atoms with van der Waals surface area (Å²) in [5.74, 6) is 4.03. The molecule has 2 aromatic rings. The number of hydrogen-bond acceptors (Lipinski definition) is 5. The summed E-state index contributed by atoms with van der Waals surface area (Å²) in [7, 11) is 3.25. The number of furan rings is 1. The summed E-state index contributed by atoms with van der Waals surface area (Å²) in [5.41, 5.74) is 7.24. The van der Waals surface area contributed by atoms with Crippen molar-refractivity contribution in [3.05, 3.63) is 47.9 Å². The Morgan fingerprint density at radius 2 is 2.00 bits per heavy atom. The van der Waals surface area contributed by atoms with E-state index < -0.39 is 0 Å². The number of nitrogens with two attached hydrogens (primary N) is 1. The molecule has 0 saturated heterocycles. The Kier molecular flexibility index (Phi) is 5.38. The molecule has 108 valence electrons. The monoisotopic (exact) mass is 293 g/mol. The van der Waals surface area contributed by atoms with Crippen LogP contribution in [0.3, 0.4) is 0 Å². The topological polar surface area (TPSA) is 57.6 Å². The quantitative estimate of drug-likeness (QED) is 0.849. The highest BCUT2D eigenvalue weighted by Gasteiger charge is 2.11. The van der Waals surface area contributed by atoms with Gasteiger partial charge in [0.25, 0.3) is 0 Å². The summed E-state index contributed by atoms with van der Waals surface area (Å²) >= 11 is 1.75. The van der Waals surface area contributed by atoms with Crippen LogP contribution in [0.5, 0.6) is 11.5 Å². The van der Waals surface area contributed by atoms with Crippen molar-refractivity contribution in [1.82, 2.24) is 0 Å². The Morgan fingerprint density at radius 1 is 1.20 bits per heavy atom. The summed E-state index contributed by atoms with van der Waals surface area (Å²) in [4.78, 5) is 0. The van der Waals surface area contributed by atoms with Gasteiger partial charge in [-0.3, -0.25) is 0 Å². The molecule has 4 nitrogen and oxygen atoms in total. The molecule has 5 heteroatoms. The van der Waals surface area contributed by atoms with Crippen molar-refractivity contribution < 1.29 is 13.9 Å². The predicted molar refractivity (Wildman–Crippen MR) is 81.3 cm³/mol. The van der Waals surface area contributed by atoms with Crippen molar-refractivity contribution in [2.75, 3.05) is 20.0 Å². The third-order valence-electron chi connectivity index (χ3n) is 2.96. The number of hydrogen-bond donors (Lipinski definition) is 1. The molecule has 1 heterocycles. The maximum Gasteiger partial charge on any atom is 0.161 e. The van der Waals surface area contributed by atoms with Gasteiger partial charge in [0.2, 0.25) is 0 Å². The Bertz CT molecular complexity index is 528. The summed E-state index contributed by atoms with van der Waals surface area (Å²) < 4.78 is 15.8. The van der Waals surface area contributed by atoms with Crippen molar-refractivity contribution in [1.29, 1.82) is 0 Å². The van der Waals surface area contributed by atoms with Crippen LogP contribution in [0, 0.1) is 0 Å². The maximum absolute atomic E-state index is 6.20. The van der Waals surface area contributed by atoms with Gasteiger partial charge in [-0.25, -0.2) is 0 Å². The van der Waals surface area contributed by atoms with E-state index in [1.807, 2.05) is 30.3 Å². The van der Waals surface area contributed by atoms with Gasteiger partial charge >= 0.3 is 0 Å². The molecule has 2 rings (SSSR count). The zero-order chi connectivity index (χ0) is 14.4. The molecule has 0 aliphatic rings. The maximum atomic E-state index is 6.20. The smallest absolute Gasteiger partial charge is 0.161 e. The van der Waals surface area contributed by atoms with Crippen LogP contribution >= 0.6 is 11.8 Å². The third kappa shape index (κ3) is 3.71. The molecular formula is C15H19NO3S. The molecule has 20 heavy (non-hydrogen) atoms. The molecule has 0 bridgehead atoms. The second kappa shape index (κ2) is 7.26. The standard InChI is InChI=1S/C15H19NO3S/c1-17-14-6-5-11(8-15(14)18-2)13(16)10-20-9-12-4-3-7-19-12/h3-8,13H,9-10,16H2,1-2H3. The van der Waals surface area contributed by atoms with Crippen LogP contribution in [0.4, 0.5) is 0 Å². The lowest BCUT2D eigenvalue weighted by molar-refractivity contribution is 0.354. The molecule has 1 unspecified atom stereocenters. The average molecular weight is 293 g/mol. The van der Waals surface area contributed by atoms with Gasteiger partial charge in [0.1, 0.15) is 5.76 Å². The van der Waals surface area contributed by atoms with Crippen LogP contribution in [0.1, 0.15) is 17.4 Å². The first-order valence-corrected chi connectivity index (χ1v) is 7.47. The van der Waals surface area contributed by atoms with Crippen LogP contribution in [-0.4, -0.2) is 20.0 Å². The van der Waals surface area contributed by atoms with E-state index in [-0.39, 0.29) is 6.04 Å². The van der Waals surface area contributed by atoms with Crippen molar-refractivity contribution >= 4 is 11.8 Å². The average Bonchev–Trinajstić information content (AvgIpc) is 2.99. The molecule has 1 aromatic carbocycles. The second-order valence-electron chi connectivity index (χ2n) is 4.32. The van der Waals surface area contributed by atoms with Crippen LogP contribution in [-0.2, 0) is 5.75 Å². The first kappa shape index (κ1) is 14.8. The molecule has 0 fully saturated rings. The minimum Gasteiger partial charge on any atom is -0.493 e. The van der Waals surface area contributed by atoms with Gasteiger partial charge in [-0.1, -0.05) is 6.07 Å². The highest BCUT2D eigenvalue weighted by atomic mass is 32.2. The van der Waals surface area contributed by atoms with Crippen molar-refractivity contribution in [2.45, 2.75) is 11.8 Å². The minimum atomic E-state index is -0.0465. The fraction of sp³-hybridized carbons (Fsp3) is 0.333. The lowest BCUT2D eigenvalue weighted by Gasteiger charge is -2.14. The summed E-state index contributed by atoms with van der Waals surface area (Å²) in [5, 5.41) is 0. The number of ether oxygens (including phenoxy) is 2. The molecule has 0 amide bonds. The summed E-state index contributed by atoms with van der Waals surface area (Å²) in [6, 6.07) is 9.59. The van der Waals surface area contributed by atoms with Crippen molar-refractivity contribution in [3.8, 4) is 11.5 Å². The highest BCUT2D eigenvalue weighted by Crippen LogP contribution is 2.30. The van der Waals surface area contributed by atoms with Crippen molar-refractivity contribution in [2.24, 2.45) is 5.73 Å². The normalized spacial score (nSPS) is 12.2. The zero-order valence-electron chi connectivity index (χ0n) is 11.7. The minimum absolute atomic E-state index is 0.0465. The predicted octanol–water partition coefficient (Wildman–Crippen LogP) is 3.23. The largest absolute Gasteiger partial charge is 0.493 e. The Balaban J connectivity index is 1.93. The van der Waals surface area contributed by atoms with Crippen molar-refractivity contribution in [3.63, 3.8) is 0 Å². The number of thioether (sulfide) groups is 1. The molecule has 1 atom stereocenters. The zero-order valence-corrected chi connectivity index (χ0v) is 12.5. The van der Waals surface area contributed by atoms with Crippen LogP contribution in [0.25, 0.3) is 0 Å². The SMILES string of the molecule is COc1ccc(C(N)CSCc2ccco2)cc1OC. The van der Waals surface area contributed by atoms with Crippen LogP contribution in [0.15, 0.2) is 41.0 Å². The van der Waals surface area contributed by atoms with E-state index in [1.165, 1.54) is 0 Å². The van der Waals surface area contributed by atoms with E-state index in [0.29, 0.717) is 11.5 Å². The molecular weight excluding hydrogens is 274 g/mol. The van der Waals surface area contributed by atoms with Gasteiger partial charge in [0.05, 0.1) is 26.2 Å². The van der Waals surface area contributed by atoms with Gasteiger partial charge in [0.15, 0.2) is 11.5 Å². The van der Waals surface area contributed by atoms with Crippen LogP contribution < -0.4 is 15.2 Å². The molecule has 1 aromatic heterocycles. The van der Waals surface area contributed by atoms with E-state index in [2.05, 4.69) is 0 Å². The Morgan fingerprint density at radius 3 is 2.65 bits per heavy atom. The first-order chi connectivity index (χ1) is 9.74. The lowest BCUT2D eigenvalue weighted by Crippen LogP contribution is -2.13. The summed E-state index contributed by atoms with van der Waals surface area (Å²) in [6.45, 7) is 0. The second-order valence-corrected chi connectivity index (χ2v) is 5.35. The van der Waals surface area contributed by atoms with Gasteiger partial charge in [-0.2, -0.15) is 11.8 Å². The Hall–Kier alpha value is -1.59. The van der Waals surface area contributed by atoms with Gasteiger partial charge in [-0.15, -0.1) is 0 Å². The lowest BCUT2D eigenvalue weighted by atomic mass is 10.1. The van der Waals surface area contributed by atoms with Crippen LogP contribution in [0.2, 0.25) is 0 Å². The molecule has 2 N–H and O–H groups in total. The highest BCUT2D eigenvalue weighted by molar-refractivity contribution is 7.98. The Labute approximate surface area is 123 Å². The first-order valence-electron chi connectivity index (χ1n) is 6.32. The van der Waals surface area contributed by atoms with E-state index in [1.54, 1.807) is 32.2 Å². The van der Waals surface area contributed by atoms with E-state index in [4.69, 9.17) is 19.6 Å². The summed E-state index contributed by atoms with van der Waals surface area (Å²) in [6.07, 6.45) is 1.68. The van der Waals surface area contributed by atoms with Gasteiger partial charge < -0.3 is 19.6 Å². The van der Waals surface area contributed by atoms with E-state index in [0.717, 1.165) is 22.8 Å². The number of rotatable bonds is 7. The number of methoxy groups -OCH3 is 2. The molecule has 0 aliphatic heterocycles. The molecule has 0 radical (unpaired) electrons. The fourth-order valence-corrected chi connectivity index (χ4v) is 2.79. The fourth-order valence-electron chi connectivity index (χ4n) is 1.86. The van der Waals surface area contributed by atoms with Gasteiger partial charge in [0, 0.05) is 11.8 Å². The van der Waals surface area contributed by atoms with E-state index >= 15 is 0 Å². The van der Waals surface area contributed by atoms with Gasteiger partial charge in [-0.05, 0) is 29.8 Å². The molecule has 0 aliphatic carbocycles. The molecule has 0 saturated carbocycles. The third-order valence-corrected chi connectivity index (χ3v) is 4.04.